The van der Waals surface area contributed by atoms with Gasteiger partial charge in [-0.25, -0.2) is 0 Å². The number of likely N-dealkylation sites (tertiary alicyclic amines) is 1. The van der Waals surface area contributed by atoms with Crippen LogP contribution in [-0.4, -0.2) is 42.8 Å². The van der Waals surface area contributed by atoms with Crippen molar-refractivity contribution in [2.45, 2.75) is 38.8 Å². The topological polar surface area (TPSA) is 44.7 Å². The summed E-state index contributed by atoms with van der Waals surface area (Å²) in [6.45, 7) is 6.49. The van der Waals surface area contributed by atoms with Crippen LogP contribution < -0.4 is 10.1 Å². The number of hydrogen-bond acceptors (Lipinski definition) is 4. The highest BCUT2D eigenvalue weighted by Crippen LogP contribution is 2.29. The van der Waals surface area contributed by atoms with Gasteiger partial charge in [-0.05, 0) is 45.0 Å². The van der Waals surface area contributed by atoms with Crippen LogP contribution in [0.15, 0.2) is 18.2 Å². The number of para-hydroxylation sites is 1. The van der Waals surface area contributed by atoms with Crippen LogP contribution in [0.2, 0.25) is 0 Å². The Labute approximate surface area is 121 Å². The number of nitrogens with zero attached hydrogens (tertiary/aromatic N) is 1. The number of nitrogens with one attached hydrogen (secondary N) is 1. The molecule has 0 radical (unpaired) electrons. The Kier molecular flexibility index (Phi) is 5.68. The molecule has 1 heterocycles. The molecule has 1 aliphatic rings. The van der Waals surface area contributed by atoms with Gasteiger partial charge in [0.2, 0.25) is 0 Å². The van der Waals surface area contributed by atoms with Crippen LogP contribution in [0.3, 0.4) is 0 Å². The lowest BCUT2D eigenvalue weighted by Crippen LogP contribution is -2.42. The molecule has 0 atom stereocenters. The number of aromatic hydroxyl groups is 1. The van der Waals surface area contributed by atoms with E-state index in [0.29, 0.717) is 18.3 Å². The first-order chi connectivity index (χ1) is 9.74. The van der Waals surface area contributed by atoms with Crippen molar-refractivity contribution in [3.8, 4) is 11.5 Å². The van der Waals surface area contributed by atoms with E-state index in [0.717, 1.165) is 5.56 Å². The molecule has 1 aromatic rings. The summed E-state index contributed by atoms with van der Waals surface area (Å²) >= 11 is 0. The van der Waals surface area contributed by atoms with Crippen molar-refractivity contribution in [1.82, 2.24) is 10.2 Å². The minimum absolute atomic E-state index is 0.255. The molecule has 1 fully saturated rings. The maximum absolute atomic E-state index is 10.1. The summed E-state index contributed by atoms with van der Waals surface area (Å²) in [6.07, 6.45) is 3.60. The molecule has 20 heavy (non-hydrogen) atoms. The normalized spacial score (nSPS) is 17.3. The van der Waals surface area contributed by atoms with Gasteiger partial charge in [0.1, 0.15) is 0 Å². The van der Waals surface area contributed by atoms with Gasteiger partial charge in [-0.15, -0.1) is 0 Å². The lowest BCUT2D eigenvalue weighted by molar-refractivity contribution is 0.197. The molecule has 4 nitrogen and oxygen atoms in total. The van der Waals surface area contributed by atoms with Gasteiger partial charge >= 0.3 is 0 Å². The molecular formula is C16H26N2O2. The molecule has 0 bridgehead atoms. The standard InChI is InChI=1S/C16H26N2O2/c1-3-9-18-10-7-14(8-11-18)17-12-13-5-4-6-15(20-2)16(13)19/h4-6,14,17,19H,3,7-12H2,1-2H3. The zero-order chi connectivity index (χ0) is 14.4. The Balaban J connectivity index is 1.82. The number of piperidine rings is 1. The summed E-state index contributed by atoms with van der Waals surface area (Å²) in [4.78, 5) is 2.53. The zero-order valence-electron chi connectivity index (χ0n) is 12.6. The van der Waals surface area contributed by atoms with E-state index >= 15 is 0 Å². The summed E-state index contributed by atoms with van der Waals surface area (Å²) in [5, 5.41) is 13.6. The van der Waals surface area contributed by atoms with Crippen molar-refractivity contribution in [2.75, 3.05) is 26.7 Å². The van der Waals surface area contributed by atoms with Crippen molar-refractivity contribution in [2.24, 2.45) is 0 Å². The Bertz CT molecular complexity index is 415. The Morgan fingerprint density at radius 3 is 2.75 bits per heavy atom. The van der Waals surface area contributed by atoms with Crippen molar-refractivity contribution in [1.29, 1.82) is 0 Å². The number of benzene rings is 1. The second-order valence-electron chi connectivity index (χ2n) is 5.46. The highest BCUT2D eigenvalue weighted by atomic mass is 16.5. The van der Waals surface area contributed by atoms with Crippen molar-refractivity contribution in [3.63, 3.8) is 0 Å². The highest BCUT2D eigenvalue weighted by molar-refractivity contribution is 5.45. The van der Waals surface area contributed by atoms with Crippen LogP contribution in [0, 0.1) is 0 Å². The summed E-state index contributed by atoms with van der Waals surface area (Å²) in [5.41, 5.74) is 0.903. The van der Waals surface area contributed by atoms with Gasteiger partial charge in [-0.1, -0.05) is 19.1 Å². The molecule has 0 aliphatic carbocycles. The van der Waals surface area contributed by atoms with Gasteiger partial charge in [0.05, 0.1) is 7.11 Å². The number of ether oxygens (including phenoxy) is 1. The van der Waals surface area contributed by atoms with Crippen LogP contribution in [0.4, 0.5) is 0 Å². The monoisotopic (exact) mass is 278 g/mol. The summed E-state index contributed by atoms with van der Waals surface area (Å²) in [6, 6.07) is 6.19. The summed E-state index contributed by atoms with van der Waals surface area (Å²) in [5.74, 6) is 0.799. The number of phenolic OH excluding ortho intramolecular Hbond substituents is 1. The first-order valence-corrected chi connectivity index (χ1v) is 7.55. The van der Waals surface area contributed by atoms with Gasteiger partial charge in [0.15, 0.2) is 11.5 Å². The number of phenols is 1. The van der Waals surface area contributed by atoms with E-state index in [9.17, 15) is 5.11 Å². The van der Waals surface area contributed by atoms with E-state index in [1.807, 2.05) is 12.1 Å². The average molecular weight is 278 g/mol. The molecule has 0 unspecified atom stereocenters. The minimum atomic E-state index is 0.255. The van der Waals surface area contributed by atoms with Crippen molar-refractivity contribution >= 4 is 0 Å². The van der Waals surface area contributed by atoms with Crippen molar-refractivity contribution in [3.05, 3.63) is 23.8 Å². The molecule has 112 valence electrons. The Hall–Kier alpha value is -1.26. The van der Waals surface area contributed by atoms with Crippen LogP contribution in [0.1, 0.15) is 31.7 Å². The zero-order valence-corrected chi connectivity index (χ0v) is 12.6. The first-order valence-electron chi connectivity index (χ1n) is 7.55. The Morgan fingerprint density at radius 1 is 1.35 bits per heavy atom. The van der Waals surface area contributed by atoms with Crippen LogP contribution in [-0.2, 0) is 6.54 Å². The molecule has 4 heteroatoms. The molecule has 2 rings (SSSR count). The third-order valence-corrected chi connectivity index (χ3v) is 4.01. The lowest BCUT2D eigenvalue weighted by Gasteiger charge is -2.32. The van der Waals surface area contributed by atoms with E-state index in [4.69, 9.17) is 4.74 Å². The van der Waals surface area contributed by atoms with E-state index < -0.39 is 0 Å². The quantitative estimate of drug-likeness (QED) is 0.838. The molecule has 1 saturated heterocycles. The molecule has 1 aliphatic heterocycles. The molecule has 0 amide bonds. The average Bonchev–Trinajstić information content (AvgIpc) is 2.48. The maximum atomic E-state index is 10.1. The van der Waals surface area contributed by atoms with Gasteiger partial charge < -0.3 is 20.1 Å². The molecule has 0 saturated carbocycles. The second kappa shape index (κ2) is 7.50. The fourth-order valence-corrected chi connectivity index (χ4v) is 2.81. The van der Waals surface area contributed by atoms with Crippen LogP contribution in [0.25, 0.3) is 0 Å². The minimum Gasteiger partial charge on any atom is -0.504 e. The highest BCUT2D eigenvalue weighted by Gasteiger charge is 2.18. The molecular weight excluding hydrogens is 252 g/mol. The molecule has 0 aromatic heterocycles. The third kappa shape index (κ3) is 3.87. The SMILES string of the molecule is CCCN1CCC(NCc2cccc(OC)c2O)CC1. The Morgan fingerprint density at radius 2 is 2.10 bits per heavy atom. The molecule has 1 aromatic carbocycles. The van der Waals surface area contributed by atoms with E-state index in [2.05, 4.69) is 17.1 Å². The number of methoxy groups -OCH3 is 1. The fraction of sp³-hybridized carbons (Fsp3) is 0.625. The predicted octanol–water partition coefficient (Wildman–Crippen LogP) is 2.36. The molecule has 2 N–H and O–H groups in total. The predicted molar refractivity (Wildman–Crippen MR) is 81.3 cm³/mol. The first kappa shape index (κ1) is 15.1. The lowest BCUT2D eigenvalue weighted by atomic mass is 10.0. The maximum Gasteiger partial charge on any atom is 0.162 e. The fourth-order valence-electron chi connectivity index (χ4n) is 2.81. The number of hydrogen-bond donors (Lipinski definition) is 2. The van der Waals surface area contributed by atoms with Gasteiger partial charge in [-0.3, -0.25) is 0 Å². The van der Waals surface area contributed by atoms with Gasteiger partial charge in [-0.2, -0.15) is 0 Å². The summed E-state index contributed by atoms with van der Waals surface area (Å²) in [7, 11) is 1.58. The largest absolute Gasteiger partial charge is 0.504 e. The summed E-state index contributed by atoms with van der Waals surface area (Å²) < 4.78 is 5.13. The smallest absolute Gasteiger partial charge is 0.162 e. The van der Waals surface area contributed by atoms with Crippen LogP contribution in [0.5, 0.6) is 11.5 Å². The van der Waals surface area contributed by atoms with Gasteiger partial charge in [0.25, 0.3) is 0 Å². The van der Waals surface area contributed by atoms with Crippen LogP contribution >= 0.6 is 0 Å². The second-order valence-corrected chi connectivity index (χ2v) is 5.46. The third-order valence-electron chi connectivity index (χ3n) is 4.01. The van der Waals surface area contributed by atoms with Crippen molar-refractivity contribution < 1.29 is 9.84 Å². The van der Waals surface area contributed by atoms with E-state index in [1.54, 1.807) is 13.2 Å². The molecule has 0 spiro atoms. The van der Waals surface area contributed by atoms with E-state index in [1.165, 1.54) is 38.9 Å². The van der Waals surface area contributed by atoms with E-state index in [-0.39, 0.29) is 5.75 Å². The number of rotatable bonds is 6. The van der Waals surface area contributed by atoms with Gasteiger partial charge in [0, 0.05) is 18.2 Å².